The van der Waals surface area contributed by atoms with Crippen LogP contribution in [-0.2, 0) is 9.53 Å². The van der Waals surface area contributed by atoms with Crippen molar-refractivity contribution in [1.29, 1.82) is 5.41 Å². The quantitative estimate of drug-likeness (QED) is 0.386. The number of carbonyl (C=O) groups is 1. The molecule has 0 unspecified atom stereocenters. The van der Waals surface area contributed by atoms with Crippen LogP contribution >= 0.6 is 11.8 Å². The Labute approximate surface area is 76.4 Å². The van der Waals surface area contributed by atoms with Gasteiger partial charge in [-0.3, -0.25) is 10.2 Å². The van der Waals surface area contributed by atoms with Gasteiger partial charge in [-0.2, -0.15) is 0 Å². The number of nitrogens with two attached hydrogens (primary N) is 1. The smallest absolute Gasteiger partial charge is 0.316 e. The molecule has 4 nitrogen and oxygen atoms in total. The average Bonchev–Trinajstić information content (AvgIpc) is 1.79. The molecule has 0 spiro atoms. The van der Waals surface area contributed by atoms with Crippen LogP contribution in [0.2, 0.25) is 0 Å². The highest BCUT2D eigenvalue weighted by atomic mass is 32.2. The maximum Gasteiger partial charge on any atom is 0.316 e. The largest absolute Gasteiger partial charge is 0.459 e. The van der Waals surface area contributed by atoms with Crippen LogP contribution in [0.25, 0.3) is 0 Å². The summed E-state index contributed by atoms with van der Waals surface area (Å²) in [5.74, 6) is -0.241. The van der Waals surface area contributed by atoms with E-state index in [1.165, 1.54) is 0 Å². The maximum absolute atomic E-state index is 11.0. The number of thioether (sulfide) groups is 1. The van der Waals surface area contributed by atoms with Gasteiger partial charge in [0, 0.05) is 0 Å². The Bertz CT molecular complexity index is 186. The van der Waals surface area contributed by atoms with Crippen LogP contribution in [0, 0.1) is 5.41 Å². The standard InChI is InChI=1S/C7H14N2O2S/c1-7(2,3)11-5(10)4-12-6(8)9/h4H2,1-3H3,(H3,8,9). The lowest BCUT2D eigenvalue weighted by Crippen LogP contribution is -2.25. The summed E-state index contributed by atoms with van der Waals surface area (Å²) in [7, 11) is 0. The van der Waals surface area contributed by atoms with Gasteiger partial charge in [0.15, 0.2) is 5.17 Å². The van der Waals surface area contributed by atoms with Crippen molar-refractivity contribution in [2.24, 2.45) is 5.73 Å². The second kappa shape index (κ2) is 4.35. The molecule has 0 heterocycles. The Morgan fingerprint density at radius 2 is 2.08 bits per heavy atom. The number of hydrogen-bond acceptors (Lipinski definition) is 4. The van der Waals surface area contributed by atoms with E-state index >= 15 is 0 Å². The molecule has 0 bridgehead atoms. The van der Waals surface area contributed by atoms with Crippen LogP contribution < -0.4 is 5.73 Å². The fourth-order valence-electron chi connectivity index (χ4n) is 0.508. The summed E-state index contributed by atoms with van der Waals surface area (Å²) in [5, 5.41) is 6.78. The van der Waals surface area contributed by atoms with Gasteiger partial charge in [0.25, 0.3) is 0 Å². The summed E-state index contributed by atoms with van der Waals surface area (Å²) < 4.78 is 4.98. The van der Waals surface area contributed by atoms with Crippen LogP contribution in [0.15, 0.2) is 0 Å². The summed E-state index contributed by atoms with van der Waals surface area (Å²) in [6.45, 7) is 5.38. The van der Waals surface area contributed by atoms with Crippen molar-refractivity contribution in [3.05, 3.63) is 0 Å². The van der Waals surface area contributed by atoms with E-state index in [9.17, 15) is 4.79 Å². The van der Waals surface area contributed by atoms with Crippen LogP contribution in [-0.4, -0.2) is 22.5 Å². The topological polar surface area (TPSA) is 76.2 Å². The molecule has 0 aliphatic heterocycles. The van der Waals surface area contributed by atoms with Gasteiger partial charge in [-0.05, 0) is 20.8 Å². The van der Waals surface area contributed by atoms with E-state index in [1.807, 2.05) is 0 Å². The van der Waals surface area contributed by atoms with Crippen molar-refractivity contribution < 1.29 is 9.53 Å². The number of esters is 1. The van der Waals surface area contributed by atoms with Crippen LogP contribution in [0.4, 0.5) is 0 Å². The highest BCUT2D eigenvalue weighted by molar-refractivity contribution is 8.14. The molecule has 0 amide bonds. The normalized spacial score (nSPS) is 10.9. The summed E-state index contributed by atoms with van der Waals surface area (Å²) in [6.07, 6.45) is 0. The molecule has 70 valence electrons. The molecule has 0 rings (SSSR count). The zero-order valence-electron chi connectivity index (χ0n) is 7.51. The first-order chi connectivity index (χ1) is 5.31. The summed E-state index contributed by atoms with van der Waals surface area (Å²) in [4.78, 5) is 11.0. The van der Waals surface area contributed by atoms with Crippen molar-refractivity contribution in [3.63, 3.8) is 0 Å². The lowest BCUT2D eigenvalue weighted by atomic mass is 10.2. The molecule has 0 aliphatic rings. The summed E-state index contributed by atoms with van der Waals surface area (Å²) in [6, 6.07) is 0. The Morgan fingerprint density at radius 3 is 2.42 bits per heavy atom. The Balaban J connectivity index is 3.68. The minimum Gasteiger partial charge on any atom is -0.459 e. The number of carbonyl (C=O) groups excluding carboxylic acids is 1. The molecular weight excluding hydrogens is 176 g/mol. The molecule has 0 saturated heterocycles. The molecule has 0 aromatic rings. The predicted molar refractivity (Wildman–Crippen MR) is 50.2 cm³/mol. The van der Waals surface area contributed by atoms with Gasteiger partial charge in [-0.1, -0.05) is 11.8 Å². The van der Waals surface area contributed by atoms with Crippen LogP contribution in [0.1, 0.15) is 20.8 Å². The molecule has 0 radical (unpaired) electrons. The monoisotopic (exact) mass is 190 g/mol. The number of amidine groups is 1. The van der Waals surface area contributed by atoms with Crippen molar-refractivity contribution in [3.8, 4) is 0 Å². The minimum absolute atomic E-state index is 0.0686. The van der Waals surface area contributed by atoms with Gasteiger partial charge in [0.2, 0.25) is 0 Å². The third kappa shape index (κ3) is 7.40. The Morgan fingerprint density at radius 1 is 1.58 bits per heavy atom. The third-order valence-electron chi connectivity index (χ3n) is 0.766. The first-order valence-corrected chi connectivity index (χ1v) is 4.48. The molecule has 12 heavy (non-hydrogen) atoms. The number of ether oxygens (including phenoxy) is 1. The SMILES string of the molecule is CC(C)(C)OC(=O)CSC(=N)N. The van der Waals surface area contributed by atoms with E-state index in [0.29, 0.717) is 0 Å². The van der Waals surface area contributed by atoms with Gasteiger partial charge < -0.3 is 10.5 Å². The molecule has 5 heteroatoms. The third-order valence-corrected chi connectivity index (χ3v) is 1.46. The fraction of sp³-hybridized carbons (Fsp3) is 0.714. The Hall–Kier alpha value is -0.710. The molecule has 0 fully saturated rings. The van der Waals surface area contributed by atoms with E-state index < -0.39 is 5.60 Å². The second-order valence-electron chi connectivity index (χ2n) is 3.24. The molecule has 0 atom stereocenters. The molecule has 3 N–H and O–H groups in total. The van der Waals surface area contributed by atoms with Gasteiger partial charge in [0.05, 0.1) is 5.75 Å². The average molecular weight is 190 g/mol. The van der Waals surface area contributed by atoms with Crippen LogP contribution in [0.5, 0.6) is 0 Å². The highest BCUT2D eigenvalue weighted by Crippen LogP contribution is 2.09. The highest BCUT2D eigenvalue weighted by Gasteiger charge is 2.15. The van der Waals surface area contributed by atoms with Crippen molar-refractivity contribution in [2.45, 2.75) is 26.4 Å². The number of hydrogen-bond donors (Lipinski definition) is 2. The minimum atomic E-state index is -0.464. The van der Waals surface area contributed by atoms with E-state index in [-0.39, 0.29) is 16.9 Å². The predicted octanol–water partition coefficient (Wildman–Crippen LogP) is 0.955. The van der Waals surface area contributed by atoms with Crippen molar-refractivity contribution in [1.82, 2.24) is 0 Å². The fourth-order valence-corrected chi connectivity index (χ4v) is 0.840. The molecule has 0 saturated carbocycles. The molecular formula is C7H14N2O2S. The first-order valence-electron chi connectivity index (χ1n) is 3.50. The summed E-state index contributed by atoms with van der Waals surface area (Å²) in [5.41, 5.74) is 4.58. The number of nitrogens with one attached hydrogen (secondary N) is 1. The van der Waals surface area contributed by atoms with Gasteiger partial charge in [-0.15, -0.1) is 0 Å². The van der Waals surface area contributed by atoms with Crippen LogP contribution in [0.3, 0.4) is 0 Å². The van der Waals surface area contributed by atoms with E-state index in [0.717, 1.165) is 11.8 Å². The zero-order chi connectivity index (χ0) is 9.78. The molecule has 0 aliphatic carbocycles. The number of rotatable bonds is 2. The molecule has 0 aromatic carbocycles. The van der Waals surface area contributed by atoms with E-state index in [4.69, 9.17) is 15.9 Å². The molecule has 0 aromatic heterocycles. The van der Waals surface area contributed by atoms with Gasteiger partial charge >= 0.3 is 5.97 Å². The zero-order valence-corrected chi connectivity index (χ0v) is 8.33. The van der Waals surface area contributed by atoms with E-state index in [2.05, 4.69) is 0 Å². The lowest BCUT2D eigenvalue weighted by molar-refractivity contribution is -0.151. The summed E-state index contributed by atoms with van der Waals surface area (Å²) >= 11 is 0.967. The first kappa shape index (κ1) is 11.3. The van der Waals surface area contributed by atoms with Gasteiger partial charge in [0.1, 0.15) is 5.60 Å². The van der Waals surface area contributed by atoms with Gasteiger partial charge in [-0.25, -0.2) is 0 Å². The van der Waals surface area contributed by atoms with E-state index in [1.54, 1.807) is 20.8 Å². The lowest BCUT2D eigenvalue weighted by Gasteiger charge is -2.18. The second-order valence-corrected chi connectivity index (χ2v) is 4.26. The van der Waals surface area contributed by atoms with Crippen molar-refractivity contribution >= 4 is 22.9 Å². The Kier molecular flexibility index (Phi) is 4.09. The van der Waals surface area contributed by atoms with Crippen molar-refractivity contribution in [2.75, 3.05) is 5.75 Å². The maximum atomic E-state index is 11.0.